The zero-order valence-electron chi connectivity index (χ0n) is 11.0. The normalized spacial score (nSPS) is 10.5. The monoisotopic (exact) mass is 382 g/mol. The minimum atomic E-state index is 0.835. The zero-order valence-corrected chi connectivity index (χ0v) is 14.2. The third kappa shape index (κ3) is 3.61. The maximum absolute atomic E-state index is 5.95. The molecule has 0 saturated carbocycles. The van der Waals surface area contributed by atoms with E-state index in [-0.39, 0.29) is 0 Å². The molecule has 19 heavy (non-hydrogen) atoms. The van der Waals surface area contributed by atoms with E-state index < -0.39 is 0 Å². The Morgan fingerprint density at radius 3 is 1.53 bits per heavy atom. The van der Waals surface area contributed by atoms with Crippen LogP contribution in [0.4, 0.5) is 0 Å². The SMILES string of the molecule is CCc1ccc(Oc2ccc(CC)cc2Br)c(Br)c1. The third-order valence-corrected chi connectivity index (χ3v) is 4.27. The van der Waals surface area contributed by atoms with Gasteiger partial charge >= 0.3 is 0 Å². The predicted molar refractivity (Wildman–Crippen MR) is 87.1 cm³/mol. The molecule has 0 aliphatic rings. The van der Waals surface area contributed by atoms with Crippen molar-refractivity contribution in [1.82, 2.24) is 0 Å². The van der Waals surface area contributed by atoms with Gasteiger partial charge in [0.15, 0.2) is 0 Å². The molecule has 0 heterocycles. The van der Waals surface area contributed by atoms with Crippen molar-refractivity contribution in [1.29, 1.82) is 0 Å². The molecule has 2 aromatic rings. The van der Waals surface area contributed by atoms with Gasteiger partial charge in [-0.1, -0.05) is 26.0 Å². The Morgan fingerprint density at radius 1 is 0.789 bits per heavy atom. The lowest BCUT2D eigenvalue weighted by atomic mass is 10.1. The van der Waals surface area contributed by atoms with E-state index in [9.17, 15) is 0 Å². The van der Waals surface area contributed by atoms with Gasteiger partial charge in [-0.15, -0.1) is 0 Å². The lowest BCUT2D eigenvalue weighted by Gasteiger charge is -2.11. The fourth-order valence-electron chi connectivity index (χ4n) is 1.81. The predicted octanol–water partition coefficient (Wildman–Crippen LogP) is 6.13. The van der Waals surface area contributed by atoms with Gasteiger partial charge in [0.1, 0.15) is 11.5 Å². The van der Waals surface area contributed by atoms with Crippen molar-refractivity contribution < 1.29 is 4.74 Å². The van der Waals surface area contributed by atoms with Crippen LogP contribution < -0.4 is 4.74 Å². The van der Waals surface area contributed by atoms with Gasteiger partial charge in [0, 0.05) is 0 Å². The second-order valence-corrected chi connectivity index (χ2v) is 6.05. The van der Waals surface area contributed by atoms with Gasteiger partial charge in [0.05, 0.1) is 8.95 Å². The molecular weight excluding hydrogens is 368 g/mol. The maximum Gasteiger partial charge on any atom is 0.141 e. The highest BCUT2D eigenvalue weighted by molar-refractivity contribution is 9.11. The van der Waals surface area contributed by atoms with Crippen LogP contribution in [-0.4, -0.2) is 0 Å². The number of hydrogen-bond donors (Lipinski definition) is 0. The Hall–Kier alpha value is -0.800. The van der Waals surface area contributed by atoms with Gasteiger partial charge in [0.25, 0.3) is 0 Å². The molecule has 0 fully saturated rings. The minimum Gasteiger partial charge on any atom is -0.455 e. The molecule has 0 unspecified atom stereocenters. The summed E-state index contributed by atoms with van der Waals surface area (Å²) in [6.07, 6.45) is 2.04. The summed E-state index contributed by atoms with van der Waals surface area (Å²) in [7, 11) is 0. The van der Waals surface area contributed by atoms with Crippen molar-refractivity contribution in [3.05, 3.63) is 56.5 Å². The minimum absolute atomic E-state index is 0.835. The summed E-state index contributed by atoms with van der Waals surface area (Å²) in [5, 5.41) is 0. The fourth-order valence-corrected chi connectivity index (χ4v) is 2.83. The first-order valence-corrected chi connectivity index (χ1v) is 7.97. The Bertz CT molecular complexity index is 527. The topological polar surface area (TPSA) is 9.23 Å². The average Bonchev–Trinajstić information content (AvgIpc) is 2.42. The first kappa shape index (κ1) is 14.6. The third-order valence-electron chi connectivity index (χ3n) is 3.03. The maximum atomic E-state index is 5.95. The molecule has 0 spiro atoms. The molecule has 2 rings (SSSR count). The van der Waals surface area contributed by atoms with Gasteiger partial charge in [-0.05, 0) is 80.1 Å². The molecule has 0 N–H and O–H groups in total. The van der Waals surface area contributed by atoms with Gasteiger partial charge in [0.2, 0.25) is 0 Å². The Kier molecular flexibility index (Phi) is 5.06. The van der Waals surface area contributed by atoms with Crippen LogP contribution in [-0.2, 0) is 12.8 Å². The van der Waals surface area contributed by atoms with E-state index in [1.165, 1.54) is 11.1 Å². The number of hydrogen-bond acceptors (Lipinski definition) is 1. The molecular formula is C16H16Br2O. The van der Waals surface area contributed by atoms with E-state index in [4.69, 9.17) is 4.74 Å². The summed E-state index contributed by atoms with van der Waals surface area (Å²) in [6.45, 7) is 4.28. The molecule has 0 aromatic heterocycles. The lowest BCUT2D eigenvalue weighted by molar-refractivity contribution is 0.476. The van der Waals surface area contributed by atoms with Crippen molar-refractivity contribution in [2.75, 3.05) is 0 Å². The van der Waals surface area contributed by atoms with Crippen molar-refractivity contribution in [2.45, 2.75) is 26.7 Å². The molecule has 0 radical (unpaired) electrons. The van der Waals surface area contributed by atoms with Crippen LogP contribution in [0.25, 0.3) is 0 Å². The van der Waals surface area contributed by atoms with Crippen molar-refractivity contribution in [3.63, 3.8) is 0 Å². The van der Waals surface area contributed by atoms with Crippen molar-refractivity contribution in [2.24, 2.45) is 0 Å². The molecule has 2 aromatic carbocycles. The highest BCUT2D eigenvalue weighted by Gasteiger charge is 2.07. The smallest absolute Gasteiger partial charge is 0.141 e. The van der Waals surface area contributed by atoms with E-state index in [1.54, 1.807) is 0 Å². The first-order valence-electron chi connectivity index (χ1n) is 6.38. The summed E-state index contributed by atoms with van der Waals surface area (Å²) < 4.78 is 7.91. The molecule has 0 bridgehead atoms. The highest BCUT2D eigenvalue weighted by Crippen LogP contribution is 2.35. The number of halogens is 2. The molecule has 0 atom stereocenters. The van der Waals surface area contributed by atoms with Gasteiger partial charge in [-0.3, -0.25) is 0 Å². The lowest BCUT2D eigenvalue weighted by Crippen LogP contribution is -1.90. The Labute approximate surface area is 131 Å². The van der Waals surface area contributed by atoms with Crippen LogP contribution in [0.1, 0.15) is 25.0 Å². The largest absolute Gasteiger partial charge is 0.455 e. The summed E-state index contributed by atoms with van der Waals surface area (Å²) in [5.74, 6) is 1.67. The molecule has 0 aliphatic carbocycles. The molecule has 0 aliphatic heterocycles. The van der Waals surface area contributed by atoms with Gasteiger partial charge in [-0.2, -0.15) is 0 Å². The van der Waals surface area contributed by atoms with E-state index in [1.807, 2.05) is 12.1 Å². The van der Waals surface area contributed by atoms with Crippen LogP contribution in [0, 0.1) is 0 Å². The van der Waals surface area contributed by atoms with Crippen molar-refractivity contribution >= 4 is 31.9 Å². The second kappa shape index (κ2) is 6.58. The highest BCUT2D eigenvalue weighted by atomic mass is 79.9. The number of aryl methyl sites for hydroxylation is 2. The van der Waals surface area contributed by atoms with Crippen LogP contribution in [0.15, 0.2) is 45.3 Å². The summed E-state index contributed by atoms with van der Waals surface area (Å²) in [6, 6.07) is 12.4. The molecule has 1 nitrogen and oxygen atoms in total. The number of benzene rings is 2. The van der Waals surface area contributed by atoms with Crippen molar-refractivity contribution in [3.8, 4) is 11.5 Å². The van der Waals surface area contributed by atoms with Gasteiger partial charge in [-0.25, -0.2) is 0 Å². The number of ether oxygens (including phenoxy) is 1. The molecule has 100 valence electrons. The fraction of sp³-hybridized carbons (Fsp3) is 0.250. The Balaban J connectivity index is 2.26. The van der Waals surface area contributed by atoms with E-state index in [0.717, 1.165) is 33.3 Å². The zero-order chi connectivity index (χ0) is 13.8. The Morgan fingerprint density at radius 2 is 1.21 bits per heavy atom. The van der Waals surface area contributed by atoms with E-state index >= 15 is 0 Å². The molecule has 0 saturated heterocycles. The van der Waals surface area contributed by atoms with Crippen LogP contribution in [0.5, 0.6) is 11.5 Å². The quantitative estimate of drug-likeness (QED) is 0.617. The second-order valence-electron chi connectivity index (χ2n) is 4.34. The summed E-state index contributed by atoms with van der Waals surface area (Å²) >= 11 is 7.12. The molecule has 3 heteroatoms. The van der Waals surface area contributed by atoms with Crippen LogP contribution >= 0.6 is 31.9 Å². The van der Waals surface area contributed by atoms with E-state index in [0.29, 0.717) is 0 Å². The first-order chi connectivity index (χ1) is 9.13. The molecule has 0 amide bonds. The van der Waals surface area contributed by atoms with Crippen LogP contribution in [0.2, 0.25) is 0 Å². The van der Waals surface area contributed by atoms with Crippen LogP contribution in [0.3, 0.4) is 0 Å². The number of rotatable bonds is 4. The summed E-state index contributed by atoms with van der Waals surface area (Å²) in [4.78, 5) is 0. The standard InChI is InChI=1S/C16H16Br2O/c1-3-11-5-7-15(13(17)9-11)19-16-8-6-12(4-2)10-14(16)18/h5-10H,3-4H2,1-2H3. The average molecular weight is 384 g/mol. The summed E-state index contributed by atoms with van der Waals surface area (Å²) in [5.41, 5.74) is 2.58. The van der Waals surface area contributed by atoms with E-state index in [2.05, 4.69) is 70.0 Å². The van der Waals surface area contributed by atoms with Gasteiger partial charge < -0.3 is 4.74 Å².